The zero-order valence-corrected chi connectivity index (χ0v) is 17.2. The average molecular weight is 436 g/mol. The fourth-order valence-electron chi connectivity index (χ4n) is 2.60. The van der Waals surface area contributed by atoms with Gasteiger partial charge in [0.25, 0.3) is 0 Å². The number of hydrogen-bond acceptors (Lipinski definition) is 5. The van der Waals surface area contributed by atoms with E-state index in [1.807, 2.05) is 0 Å². The summed E-state index contributed by atoms with van der Waals surface area (Å²) in [6.45, 7) is 0. The van der Waals surface area contributed by atoms with Crippen molar-refractivity contribution < 1.29 is 16.8 Å². The highest BCUT2D eigenvalue weighted by Gasteiger charge is 2.30. The van der Waals surface area contributed by atoms with Crippen molar-refractivity contribution in [3.63, 3.8) is 0 Å². The first-order valence-electron chi connectivity index (χ1n) is 7.89. The number of pyridine rings is 1. The molecule has 0 radical (unpaired) electrons. The minimum atomic E-state index is -3.74. The summed E-state index contributed by atoms with van der Waals surface area (Å²) in [5.74, 6) is 0.0154. The summed E-state index contributed by atoms with van der Waals surface area (Å²) in [7, 11) is -6.83. The molecule has 0 N–H and O–H groups in total. The maximum atomic E-state index is 13.1. The number of nitrogens with zero attached hydrogens (tertiary/aromatic N) is 1. The van der Waals surface area contributed by atoms with Crippen LogP contribution in [0.15, 0.2) is 47.5 Å². The van der Waals surface area contributed by atoms with Gasteiger partial charge in [-0.15, -0.1) is 0 Å². The van der Waals surface area contributed by atoms with Crippen LogP contribution in [0.4, 0.5) is 0 Å². The molecule has 1 aromatic carbocycles. The second kappa shape index (κ2) is 8.69. The maximum Gasteiger partial charge on any atom is 0.185 e. The Kier molecular flexibility index (Phi) is 7.07. The highest BCUT2D eigenvalue weighted by atomic mass is 35.5. The summed E-state index contributed by atoms with van der Waals surface area (Å²) < 4.78 is 48.9. The Morgan fingerprint density at radius 2 is 1.65 bits per heavy atom. The highest BCUT2D eigenvalue weighted by Crippen LogP contribution is 2.36. The third-order valence-corrected chi connectivity index (χ3v) is 7.65. The maximum absolute atomic E-state index is 13.1. The third-order valence-electron chi connectivity index (χ3n) is 3.88. The van der Waals surface area contributed by atoms with E-state index in [1.54, 1.807) is 12.1 Å². The minimum absolute atomic E-state index is 0.0154. The Morgan fingerprint density at radius 3 is 2.23 bits per heavy atom. The van der Waals surface area contributed by atoms with Crippen molar-refractivity contribution in [1.29, 1.82) is 0 Å². The van der Waals surface area contributed by atoms with Crippen LogP contribution in [0.1, 0.15) is 30.1 Å². The summed E-state index contributed by atoms with van der Waals surface area (Å²) in [6, 6.07) is 9.18. The zero-order valence-electron chi connectivity index (χ0n) is 14.1. The molecule has 0 amide bonds. The Morgan fingerprint density at radius 1 is 1.00 bits per heavy atom. The van der Waals surface area contributed by atoms with E-state index in [2.05, 4.69) is 4.98 Å². The molecule has 2 aromatic rings. The SMILES string of the molecule is CS(=O)(=O)CCCCC(c1cccnc1Cl)S(=O)(=O)c1ccc(Cl)cc1. The molecule has 0 saturated carbocycles. The van der Waals surface area contributed by atoms with Gasteiger partial charge in [-0.2, -0.15) is 0 Å². The molecule has 1 atom stereocenters. The van der Waals surface area contributed by atoms with Gasteiger partial charge in [0.2, 0.25) is 0 Å². The van der Waals surface area contributed by atoms with E-state index in [4.69, 9.17) is 23.2 Å². The van der Waals surface area contributed by atoms with E-state index in [9.17, 15) is 16.8 Å². The van der Waals surface area contributed by atoms with Gasteiger partial charge in [0, 0.05) is 28.8 Å². The molecule has 5 nitrogen and oxygen atoms in total. The third kappa shape index (κ3) is 5.67. The number of halogens is 2. The van der Waals surface area contributed by atoms with Crippen LogP contribution in [-0.2, 0) is 19.7 Å². The molecule has 142 valence electrons. The Bertz CT molecular complexity index is 959. The van der Waals surface area contributed by atoms with Crippen LogP contribution >= 0.6 is 23.2 Å². The molecule has 1 unspecified atom stereocenters. The quantitative estimate of drug-likeness (QED) is 0.459. The van der Waals surface area contributed by atoms with E-state index >= 15 is 0 Å². The van der Waals surface area contributed by atoms with E-state index < -0.39 is 24.9 Å². The van der Waals surface area contributed by atoms with Crippen molar-refractivity contribution in [2.45, 2.75) is 29.4 Å². The lowest BCUT2D eigenvalue weighted by molar-refractivity contribution is 0.566. The Balaban J connectivity index is 2.34. The van der Waals surface area contributed by atoms with E-state index in [0.29, 0.717) is 23.4 Å². The molecule has 1 aromatic heterocycles. The molecule has 0 aliphatic rings. The van der Waals surface area contributed by atoms with Crippen molar-refractivity contribution in [2.24, 2.45) is 0 Å². The summed E-state index contributed by atoms with van der Waals surface area (Å²) in [4.78, 5) is 4.11. The second-order valence-electron chi connectivity index (χ2n) is 6.00. The number of rotatable bonds is 8. The molecule has 1 heterocycles. The van der Waals surface area contributed by atoms with Crippen LogP contribution < -0.4 is 0 Å². The molecule has 26 heavy (non-hydrogen) atoms. The lowest BCUT2D eigenvalue weighted by Crippen LogP contribution is -2.15. The van der Waals surface area contributed by atoms with E-state index in [0.717, 1.165) is 6.26 Å². The average Bonchev–Trinajstić information content (AvgIpc) is 2.55. The number of benzene rings is 1. The highest BCUT2D eigenvalue weighted by molar-refractivity contribution is 7.91. The van der Waals surface area contributed by atoms with Crippen LogP contribution in [0, 0.1) is 0 Å². The second-order valence-corrected chi connectivity index (χ2v) is 11.2. The monoisotopic (exact) mass is 435 g/mol. The smallest absolute Gasteiger partial charge is 0.185 e. The van der Waals surface area contributed by atoms with Crippen molar-refractivity contribution in [3.8, 4) is 0 Å². The molecule has 0 aliphatic carbocycles. The fraction of sp³-hybridized carbons (Fsp3) is 0.353. The normalized spacial score (nSPS) is 13.5. The van der Waals surface area contributed by atoms with Gasteiger partial charge < -0.3 is 0 Å². The molecule has 0 fully saturated rings. The van der Waals surface area contributed by atoms with Crippen LogP contribution in [-0.4, -0.2) is 33.8 Å². The number of aromatic nitrogens is 1. The number of hydrogen-bond donors (Lipinski definition) is 0. The minimum Gasteiger partial charge on any atom is -0.244 e. The van der Waals surface area contributed by atoms with Gasteiger partial charge in [-0.1, -0.05) is 35.7 Å². The zero-order chi connectivity index (χ0) is 19.4. The summed E-state index contributed by atoms with van der Waals surface area (Å²) >= 11 is 12.0. The largest absolute Gasteiger partial charge is 0.244 e. The van der Waals surface area contributed by atoms with Gasteiger partial charge in [0.05, 0.1) is 10.1 Å². The van der Waals surface area contributed by atoms with E-state index in [1.165, 1.54) is 30.5 Å². The lowest BCUT2D eigenvalue weighted by Gasteiger charge is -2.19. The predicted octanol–water partition coefficient (Wildman–Crippen LogP) is 4.12. The number of sulfone groups is 2. The van der Waals surface area contributed by atoms with E-state index in [-0.39, 0.29) is 22.2 Å². The fourth-order valence-corrected chi connectivity index (χ4v) is 5.61. The molecule has 9 heteroatoms. The number of unbranched alkanes of at least 4 members (excludes halogenated alkanes) is 1. The van der Waals surface area contributed by atoms with Gasteiger partial charge in [0.15, 0.2) is 9.84 Å². The molecular formula is C17H19Cl2NO4S2. The van der Waals surface area contributed by atoms with Gasteiger partial charge >= 0.3 is 0 Å². The van der Waals surface area contributed by atoms with Crippen molar-refractivity contribution in [1.82, 2.24) is 4.98 Å². The Labute approximate surface area is 164 Å². The summed E-state index contributed by atoms with van der Waals surface area (Å²) in [6.07, 6.45) is 3.69. The Hall–Kier alpha value is -1.15. The van der Waals surface area contributed by atoms with Crippen molar-refractivity contribution >= 4 is 42.9 Å². The first-order chi connectivity index (χ1) is 12.1. The van der Waals surface area contributed by atoms with Crippen LogP contribution in [0.3, 0.4) is 0 Å². The van der Waals surface area contributed by atoms with Crippen LogP contribution in [0.2, 0.25) is 10.2 Å². The van der Waals surface area contributed by atoms with Crippen LogP contribution in [0.5, 0.6) is 0 Å². The topological polar surface area (TPSA) is 81.2 Å². The van der Waals surface area contributed by atoms with Crippen molar-refractivity contribution in [3.05, 3.63) is 58.3 Å². The van der Waals surface area contributed by atoms with Crippen LogP contribution in [0.25, 0.3) is 0 Å². The molecule has 0 bridgehead atoms. The standard InChI is InChI=1S/C17H19Cl2NO4S2/c1-25(21,22)12-3-2-6-16(15-5-4-11-20-17(15)19)26(23,24)14-9-7-13(18)8-10-14/h4-5,7-11,16H,2-3,6,12H2,1H3. The van der Waals surface area contributed by atoms with Gasteiger partial charge in [-0.05, 0) is 43.2 Å². The first kappa shape index (κ1) is 21.2. The van der Waals surface area contributed by atoms with Crippen molar-refractivity contribution in [2.75, 3.05) is 12.0 Å². The lowest BCUT2D eigenvalue weighted by atomic mass is 10.1. The first-order valence-corrected chi connectivity index (χ1v) is 12.2. The summed E-state index contributed by atoms with van der Waals surface area (Å²) in [5.41, 5.74) is 0.406. The molecule has 0 spiro atoms. The predicted molar refractivity (Wildman–Crippen MR) is 104 cm³/mol. The van der Waals surface area contributed by atoms with Gasteiger partial charge in [-0.3, -0.25) is 0 Å². The molecule has 0 aliphatic heterocycles. The van der Waals surface area contributed by atoms with Gasteiger partial charge in [-0.25, -0.2) is 21.8 Å². The summed E-state index contributed by atoms with van der Waals surface area (Å²) in [5, 5.41) is -0.351. The molecular weight excluding hydrogens is 417 g/mol. The molecule has 0 saturated heterocycles. The molecule has 2 rings (SSSR count). The van der Waals surface area contributed by atoms with Gasteiger partial charge in [0.1, 0.15) is 15.0 Å².